The van der Waals surface area contributed by atoms with Gasteiger partial charge in [0.2, 0.25) is 0 Å². The monoisotopic (exact) mass is 428 g/mol. The van der Waals surface area contributed by atoms with Crippen LogP contribution in [-0.4, -0.2) is 28.7 Å². The van der Waals surface area contributed by atoms with Crippen LogP contribution in [0.2, 0.25) is 0 Å². The number of hydrogen-bond acceptors (Lipinski definition) is 4. The van der Waals surface area contributed by atoms with E-state index in [9.17, 15) is 9.59 Å². The molecule has 162 valence electrons. The summed E-state index contributed by atoms with van der Waals surface area (Å²) in [6, 6.07) is 16.2. The number of ether oxygens (including phenoxy) is 1. The topological polar surface area (TPSA) is 85.2 Å². The van der Waals surface area contributed by atoms with E-state index in [4.69, 9.17) is 4.74 Å². The van der Waals surface area contributed by atoms with Crippen molar-refractivity contribution >= 4 is 23.3 Å². The Kier molecular flexibility index (Phi) is 6.17. The molecule has 0 saturated carbocycles. The highest BCUT2D eigenvalue weighted by molar-refractivity contribution is 6.06. The molecule has 7 heteroatoms. The molecule has 32 heavy (non-hydrogen) atoms. The zero-order valence-corrected chi connectivity index (χ0v) is 18.0. The first-order valence-electron chi connectivity index (χ1n) is 10.3. The minimum Gasteiger partial charge on any atom is -0.497 e. The first-order valence-corrected chi connectivity index (χ1v) is 10.3. The van der Waals surface area contributed by atoms with Crippen molar-refractivity contribution in [2.75, 3.05) is 17.7 Å². The Morgan fingerprint density at radius 3 is 2.53 bits per heavy atom. The van der Waals surface area contributed by atoms with Gasteiger partial charge >= 0.3 is 0 Å². The largest absolute Gasteiger partial charge is 0.497 e. The molecule has 2 aromatic carbocycles. The second-order valence-corrected chi connectivity index (χ2v) is 7.40. The molecule has 0 radical (unpaired) electrons. The second kappa shape index (κ2) is 9.34. The number of nitrogens with one attached hydrogen (secondary N) is 2. The van der Waals surface area contributed by atoms with Gasteiger partial charge in [-0.25, -0.2) is 0 Å². The van der Waals surface area contributed by atoms with E-state index >= 15 is 0 Å². The third-order valence-corrected chi connectivity index (χ3v) is 5.15. The Labute approximate surface area is 186 Å². The highest BCUT2D eigenvalue weighted by atomic mass is 16.5. The summed E-state index contributed by atoms with van der Waals surface area (Å²) in [4.78, 5) is 24.9. The number of aromatic nitrogens is 2. The number of allylic oxidation sites excluding steroid dienone is 2. The van der Waals surface area contributed by atoms with Crippen LogP contribution < -0.4 is 15.4 Å². The van der Waals surface area contributed by atoms with Gasteiger partial charge in [0, 0.05) is 35.5 Å². The number of benzene rings is 2. The molecule has 2 N–H and O–H groups in total. The van der Waals surface area contributed by atoms with Crippen LogP contribution >= 0.6 is 0 Å². The quantitative estimate of drug-likeness (QED) is 0.603. The van der Waals surface area contributed by atoms with E-state index in [0.29, 0.717) is 34.1 Å². The fourth-order valence-corrected chi connectivity index (χ4v) is 3.39. The third-order valence-electron chi connectivity index (χ3n) is 5.15. The Bertz CT molecular complexity index is 1210. The van der Waals surface area contributed by atoms with Crippen LogP contribution in [-0.2, 0) is 11.8 Å². The fraction of sp³-hybridized carbons (Fsp3) is 0.160. The summed E-state index contributed by atoms with van der Waals surface area (Å²) in [7, 11) is 3.33. The molecule has 1 heterocycles. The lowest BCUT2D eigenvalue weighted by Crippen LogP contribution is -2.14. The Morgan fingerprint density at radius 2 is 1.81 bits per heavy atom. The zero-order chi connectivity index (χ0) is 22.5. The number of aryl methyl sites for hydroxylation is 1. The second-order valence-electron chi connectivity index (χ2n) is 7.40. The van der Waals surface area contributed by atoms with Gasteiger partial charge in [-0.15, -0.1) is 0 Å². The van der Waals surface area contributed by atoms with Crippen molar-refractivity contribution in [2.24, 2.45) is 7.05 Å². The van der Waals surface area contributed by atoms with E-state index in [1.54, 1.807) is 43.1 Å². The molecule has 2 amide bonds. The number of nitrogens with zero attached hydrogens (tertiary/aromatic N) is 2. The van der Waals surface area contributed by atoms with Crippen LogP contribution in [0.5, 0.6) is 5.75 Å². The van der Waals surface area contributed by atoms with Gasteiger partial charge in [0.1, 0.15) is 11.6 Å². The molecule has 0 bridgehead atoms. The number of carbonyl (C=O) groups excluding carboxylic acids is 2. The van der Waals surface area contributed by atoms with Crippen molar-refractivity contribution in [2.45, 2.75) is 12.8 Å². The average molecular weight is 428 g/mol. The molecule has 0 fully saturated rings. The third kappa shape index (κ3) is 4.78. The molecule has 0 saturated heterocycles. The van der Waals surface area contributed by atoms with Crippen LogP contribution in [0.25, 0.3) is 11.3 Å². The lowest BCUT2D eigenvalue weighted by Gasteiger charge is -2.08. The number of amides is 2. The molecular weight excluding hydrogens is 404 g/mol. The van der Waals surface area contributed by atoms with Gasteiger partial charge in [-0.2, -0.15) is 5.10 Å². The molecule has 4 rings (SSSR count). The summed E-state index contributed by atoms with van der Waals surface area (Å²) in [5.41, 5.74) is 3.47. The fourth-order valence-electron chi connectivity index (χ4n) is 3.39. The van der Waals surface area contributed by atoms with Crippen molar-refractivity contribution < 1.29 is 14.3 Å². The van der Waals surface area contributed by atoms with Gasteiger partial charge in [0.05, 0.1) is 12.8 Å². The van der Waals surface area contributed by atoms with E-state index in [1.165, 1.54) is 0 Å². The van der Waals surface area contributed by atoms with Crippen LogP contribution in [0, 0.1) is 0 Å². The van der Waals surface area contributed by atoms with Crippen molar-refractivity contribution in [1.82, 2.24) is 9.78 Å². The number of anilines is 2. The number of rotatable bonds is 6. The smallest absolute Gasteiger partial charge is 0.256 e. The molecule has 1 aromatic heterocycles. The van der Waals surface area contributed by atoms with E-state index in [1.807, 2.05) is 48.6 Å². The lowest BCUT2D eigenvalue weighted by molar-refractivity contribution is -0.112. The molecule has 0 spiro atoms. The maximum atomic E-state index is 12.6. The first-order chi connectivity index (χ1) is 15.5. The predicted molar refractivity (Wildman–Crippen MR) is 125 cm³/mol. The maximum absolute atomic E-state index is 12.6. The Hall–Kier alpha value is -4.13. The predicted octanol–water partition coefficient (Wildman–Crippen LogP) is 4.56. The molecule has 3 aromatic rings. The molecule has 0 unspecified atom stereocenters. The van der Waals surface area contributed by atoms with E-state index in [2.05, 4.69) is 15.7 Å². The van der Waals surface area contributed by atoms with Gasteiger partial charge in [-0.3, -0.25) is 14.3 Å². The lowest BCUT2D eigenvalue weighted by atomic mass is 10.1. The summed E-state index contributed by atoms with van der Waals surface area (Å²) < 4.78 is 6.79. The van der Waals surface area contributed by atoms with E-state index in [-0.39, 0.29) is 11.8 Å². The van der Waals surface area contributed by atoms with Gasteiger partial charge in [0.25, 0.3) is 11.8 Å². The van der Waals surface area contributed by atoms with E-state index < -0.39 is 0 Å². The number of carbonyl (C=O) groups is 2. The normalized spacial score (nSPS) is 12.8. The Balaban J connectivity index is 1.45. The highest BCUT2D eigenvalue weighted by Crippen LogP contribution is 2.24. The first kappa shape index (κ1) is 21.1. The highest BCUT2D eigenvalue weighted by Gasteiger charge is 2.13. The molecule has 1 aliphatic rings. The molecular formula is C25H24N4O3. The van der Waals surface area contributed by atoms with Crippen molar-refractivity contribution in [3.63, 3.8) is 0 Å². The van der Waals surface area contributed by atoms with Crippen molar-refractivity contribution in [3.8, 4) is 17.0 Å². The number of methoxy groups -OCH3 is 1. The van der Waals surface area contributed by atoms with Gasteiger partial charge in [-0.05, 0) is 43.2 Å². The van der Waals surface area contributed by atoms with E-state index in [0.717, 1.165) is 18.4 Å². The average Bonchev–Trinajstić information content (AvgIpc) is 3.20. The summed E-state index contributed by atoms with van der Waals surface area (Å²) in [6.07, 6.45) is 7.65. The summed E-state index contributed by atoms with van der Waals surface area (Å²) >= 11 is 0. The van der Waals surface area contributed by atoms with Gasteiger partial charge in [-0.1, -0.05) is 36.4 Å². The maximum Gasteiger partial charge on any atom is 0.256 e. The van der Waals surface area contributed by atoms with Crippen molar-refractivity contribution in [1.29, 1.82) is 0 Å². The van der Waals surface area contributed by atoms with Crippen molar-refractivity contribution in [3.05, 3.63) is 84.0 Å². The Morgan fingerprint density at radius 1 is 1.00 bits per heavy atom. The summed E-state index contributed by atoms with van der Waals surface area (Å²) in [5.74, 6) is 0.823. The van der Waals surface area contributed by atoms with Crippen LogP contribution in [0.3, 0.4) is 0 Å². The zero-order valence-electron chi connectivity index (χ0n) is 18.0. The number of hydrogen-bond donors (Lipinski definition) is 2. The van der Waals surface area contributed by atoms with Gasteiger partial charge in [0.15, 0.2) is 0 Å². The van der Waals surface area contributed by atoms with Crippen LogP contribution in [0.1, 0.15) is 23.2 Å². The minimum absolute atomic E-state index is 0.117. The summed E-state index contributed by atoms with van der Waals surface area (Å²) in [6.45, 7) is 0. The van der Waals surface area contributed by atoms with Crippen LogP contribution in [0.4, 0.5) is 11.5 Å². The standard InChI is InChI=1S/C25H24N4O3/c1-29-23(27-25(31)19-9-6-10-21(15-19)32-2)16-22(28-29)17-11-13-20(14-12-17)26-24(30)18-7-4-3-5-8-18/h4,6-16H,3,5H2,1-2H3,(H,26,30)(H,27,31). The SMILES string of the molecule is COc1cccc(C(=O)Nc2cc(-c3ccc(NC(=O)C4=CCCC=C4)cc3)nn2C)c1. The van der Waals surface area contributed by atoms with Gasteiger partial charge < -0.3 is 15.4 Å². The summed E-state index contributed by atoms with van der Waals surface area (Å²) in [5, 5.41) is 10.3. The molecule has 0 aliphatic heterocycles. The molecule has 1 aliphatic carbocycles. The molecule has 0 atom stereocenters. The molecule has 7 nitrogen and oxygen atoms in total. The minimum atomic E-state index is -0.248. The van der Waals surface area contributed by atoms with Crippen LogP contribution in [0.15, 0.2) is 78.4 Å².